The summed E-state index contributed by atoms with van der Waals surface area (Å²) in [6.07, 6.45) is 3.74. The molecular formula is C11H16N2O3. The van der Waals surface area contributed by atoms with Crippen LogP contribution in [-0.4, -0.2) is 27.6 Å². The lowest BCUT2D eigenvalue weighted by atomic mass is 10.2. The summed E-state index contributed by atoms with van der Waals surface area (Å²) in [4.78, 5) is 22.6. The average Bonchev–Trinajstić information content (AvgIpc) is 2.49. The van der Waals surface area contributed by atoms with E-state index in [0.717, 1.165) is 5.56 Å². The van der Waals surface area contributed by atoms with E-state index in [0.29, 0.717) is 6.29 Å². The van der Waals surface area contributed by atoms with Gasteiger partial charge >= 0.3 is 5.97 Å². The maximum absolute atomic E-state index is 11.7. The zero-order valence-electron chi connectivity index (χ0n) is 9.93. The van der Waals surface area contributed by atoms with Gasteiger partial charge in [-0.2, -0.15) is 5.10 Å². The maximum Gasteiger partial charge on any atom is 0.338 e. The molecule has 1 unspecified atom stereocenters. The van der Waals surface area contributed by atoms with Crippen LogP contribution in [0, 0.1) is 6.92 Å². The first-order valence-corrected chi connectivity index (χ1v) is 5.02. The van der Waals surface area contributed by atoms with Crippen LogP contribution in [0.25, 0.3) is 0 Å². The first-order valence-electron chi connectivity index (χ1n) is 5.02. The van der Waals surface area contributed by atoms with E-state index in [-0.39, 0.29) is 0 Å². The van der Waals surface area contributed by atoms with Crippen molar-refractivity contribution in [2.45, 2.75) is 39.3 Å². The van der Waals surface area contributed by atoms with Crippen molar-refractivity contribution >= 4 is 12.3 Å². The molecule has 1 rings (SSSR count). The van der Waals surface area contributed by atoms with Crippen molar-refractivity contribution in [3.63, 3.8) is 0 Å². The molecule has 0 aliphatic heterocycles. The van der Waals surface area contributed by atoms with Crippen LogP contribution in [0.3, 0.4) is 0 Å². The molecule has 5 heteroatoms. The summed E-state index contributed by atoms with van der Waals surface area (Å²) in [6, 6.07) is -1.01. The molecule has 0 amide bonds. The molecule has 16 heavy (non-hydrogen) atoms. The highest BCUT2D eigenvalue weighted by Crippen LogP contribution is 2.13. The van der Waals surface area contributed by atoms with Gasteiger partial charge in [-0.3, -0.25) is 4.68 Å². The van der Waals surface area contributed by atoms with E-state index in [1.54, 1.807) is 33.2 Å². The fourth-order valence-electron chi connectivity index (χ4n) is 1.17. The molecule has 0 aromatic carbocycles. The lowest BCUT2D eigenvalue weighted by Crippen LogP contribution is -2.31. The number of hydrogen-bond donors (Lipinski definition) is 0. The van der Waals surface area contributed by atoms with Crippen molar-refractivity contribution in [1.82, 2.24) is 9.78 Å². The highest BCUT2D eigenvalue weighted by molar-refractivity contribution is 5.90. The Kier molecular flexibility index (Phi) is 3.47. The number of aromatic nitrogens is 2. The van der Waals surface area contributed by atoms with E-state index in [9.17, 15) is 9.59 Å². The minimum atomic E-state index is -1.01. The zero-order valence-corrected chi connectivity index (χ0v) is 9.93. The first-order chi connectivity index (χ1) is 7.33. The second kappa shape index (κ2) is 4.47. The van der Waals surface area contributed by atoms with E-state index < -0.39 is 17.6 Å². The van der Waals surface area contributed by atoms with E-state index in [1.165, 1.54) is 4.68 Å². The SMILES string of the molecule is Cc1cnn(C(C=O)C(=O)OC(C)(C)C)c1. The lowest BCUT2D eigenvalue weighted by Gasteiger charge is -2.21. The van der Waals surface area contributed by atoms with Crippen LogP contribution >= 0.6 is 0 Å². The minimum absolute atomic E-state index is 0.528. The van der Waals surface area contributed by atoms with Crippen LogP contribution in [0.1, 0.15) is 32.4 Å². The summed E-state index contributed by atoms with van der Waals surface area (Å²) in [7, 11) is 0. The van der Waals surface area contributed by atoms with Gasteiger partial charge < -0.3 is 9.53 Å². The number of nitrogens with zero attached hydrogens (tertiary/aromatic N) is 2. The highest BCUT2D eigenvalue weighted by Gasteiger charge is 2.26. The summed E-state index contributed by atoms with van der Waals surface area (Å²) < 4.78 is 6.43. The largest absolute Gasteiger partial charge is 0.458 e. The Morgan fingerprint density at radius 2 is 2.19 bits per heavy atom. The predicted octanol–water partition coefficient (Wildman–Crippen LogP) is 1.27. The van der Waals surface area contributed by atoms with Gasteiger partial charge in [0.1, 0.15) is 5.60 Å². The third-order valence-corrected chi connectivity index (χ3v) is 1.79. The summed E-state index contributed by atoms with van der Waals surface area (Å²) >= 11 is 0. The fourth-order valence-corrected chi connectivity index (χ4v) is 1.17. The van der Waals surface area contributed by atoms with Gasteiger partial charge in [0, 0.05) is 6.20 Å². The molecule has 1 aromatic rings. The zero-order chi connectivity index (χ0) is 12.3. The topological polar surface area (TPSA) is 61.2 Å². The molecule has 1 atom stereocenters. The molecule has 0 N–H and O–H groups in total. The van der Waals surface area contributed by atoms with Crippen molar-refractivity contribution < 1.29 is 14.3 Å². The van der Waals surface area contributed by atoms with Crippen molar-refractivity contribution in [3.05, 3.63) is 18.0 Å². The molecule has 0 bridgehead atoms. The Bertz CT molecular complexity index is 390. The number of aryl methyl sites for hydroxylation is 1. The second-order valence-corrected chi connectivity index (χ2v) is 4.61. The number of aldehydes is 1. The molecule has 5 nitrogen and oxygen atoms in total. The highest BCUT2D eigenvalue weighted by atomic mass is 16.6. The molecule has 0 spiro atoms. The number of carbonyl (C=O) groups excluding carboxylic acids is 2. The fraction of sp³-hybridized carbons (Fsp3) is 0.545. The Hall–Kier alpha value is -1.65. The lowest BCUT2D eigenvalue weighted by molar-refractivity contribution is -0.159. The average molecular weight is 224 g/mol. The maximum atomic E-state index is 11.7. The van der Waals surface area contributed by atoms with Gasteiger partial charge in [0.05, 0.1) is 6.20 Å². The predicted molar refractivity (Wildman–Crippen MR) is 57.9 cm³/mol. The van der Waals surface area contributed by atoms with Gasteiger partial charge in [-0.1, -0.05) is 0 Å². The number of rotatable bonds is 3. The van der Waals surface area contributed by atoms with Crippen LogP contribution in [0.4, 0.5) is 0 Å². The smallest absolute Gasteiger partial charge is 0.338 e. The molecule has 0 aliphatic rings. The molecule has 0 radical (unpaired) electrons. The standard InChI is InChI=1S/C11H16N2O3/c1-8-5-12-13(6-8)9(7-14)10(15)16-11(2,3)4/h5-7,9H,1-4H3. The van der Waals surface area contributed by atoms with Crippen molar-refractivity contribution in [2.24, 2.45) is 0 Å². The molecule has 0 saturated carbocycles. The van der Waals surface area contributed by atoms with Gasteiger partial charge in [0.2, 0.25) is 6.04 Å². The quantitative estimate of drug-likeness (QED) is 0.440. The van der Waals surface area contributed by atoms with E-state index in [1.807, 2.05) is 6.92 Å². The van der Waals surface area contributed by atoms with E-state index in [2.05, 4.69) is 5.10 Å². The molecule has 88 valence electrons. The van der Waals surface area contributed by atoms with Crippen molar-refractivity contribution in [1.29, 1.82) is 0 Å². The molecular weight excluding hydrogens is 208 g/mol. The van der Waals surface area contributed by atoms with Crippen LogP contribution in [0.5, 0.6) is 0 Å². The summed E-state index contributed by atoms with van der Waals surface area (Å²) in [5.74, 6) is -0.592. The molecule has 1 aromatic heterocycles. The summed E-state index contributed by atoms with van der Waals surface area (Å²) in [6.45, 7) is 7.09. The third kappa shape index (κ3) is 3.18. The van der Waals surface area contributed by atoms with Crippen LogP contribution < -0.4 is 0 Å². The van der Waals surface area contributed by atoms with Crippen LogP contribution in [0.15, 0.2) is 12.4 Å². The number of esters is 1. The van der Waals surface area contributed by atoms with Crippen molar-refractivity contribution in [3.8, 4) is 0 Å². The van der Waals surface area contributed by atoms with Gasteiger partial charge in [-0.15, -0.1) is 0 Å². The van der Waals surface area contributed by atoms with Crippen LogP contribution in [0.2, 0.25) is 0 Å². The number of hydrogen-bond acceptors (Lipinski definition) is 4. The second-order valence-electron chi connectivity index (χ2n) is 4.61. The third-order valence-electron chi connectivity index (χ3n) is 1.79. The molecule has 0 fully saturated rings. The minimum Gasteiger partial charge on any atom is -0.458 e. The van der Waals surface area contributed by atoms with Gasteiger partial charge in [0.15, 0.2) is 6.29 Å². The van der Waals surface area contributed by atoms with Crippen molar-refractivity contribution in [2.75, 3.05) is 0 Å². The van der Waals surface area contributed by atoms with Gasteiger partial charge in [-0.05, 0) is 33.3 Å². The number of ether oxygens (including phenoxy) is 1. The first kappa shape index (κ1) is 12.4. The molecule has 0 aliphatic carbocycles. The number of carbonyl (C=O) groups is 2. The van der Waals surface area contributed by atoms with E-state index >= 15 is 0 Å². The Balaban J connectivity index is 2.83. The molecule has 1 heterocycles. The summed E-state index contributed by atoms with van der Waals surface area (Å²) in [5, 5.41) is 3.92. The van der Waals surface area contributed by atoms with Crippen LogP contribution in [-0.2, 0) is 14.3 Å². The Morgan fingerprint density at radius 1 is 1.56 bits per heavy atom. The van der Waals surface area contributed by atoms with Gasteiger partial charge in [-0.25, -0.2) is 4.79 Å². The monoisotopic (exact) mass is 224 g/mol. The molecule has 0 saturated heterocycles. The normalized spacial score (nSPS) is 13.2. The Morgan fingerprint density at radius 3 is 2.56 bits per heavy atom. The Labute approximate surface area is 94.4 Å². The van der Waals surface area contributed by atoms with Gasteiger partial charge in [0.25, 0.3) is 0 Å². The summed E-state index contributed by atoms with van der Waals surface area (Å²) in [5.41, 5.74) is 0.274. The van der Waals surface area contributed by atoms with E-state index in [4.69, 9.17) is 4.74 Å².